The van der Waals surface area contributed by atoms with Gasteiger partial charge in [0.25, 0.3) is 0 Å². The van der Waals surface area contributed by atoms with Crippen molar-refractivity contribution in [1.82, 2.24) is 14.8 Å². The van der Waals surface area contributed by atoms with E-state index in [1.54, 1.807) is 11.3 Å². The summed E-state index contributed by atoms with van der Waals surface area (Å²) >= 11 is 3.16. The zero-order chi connectivity index (χ0) is 14.4. The van der Waals surface area contributed by atoms with Gasteiger partial charge in [-0.25, -0.2) is 0 Å². The maximum absolute atomic E-state index is 11.8. The highest BCUT2D eigenvalue weighted by Gasteiger charge is 2.36. The zero-order valence-electron chi connectivity index (χ0n) is 11.6. The van der Waals surface area contributed by atoms with E-state index in [2.05, 4.69) is 20.8 Å². The van der Waals surface area contributed by atoms with Gasteiger partial charge >= 0.3 is 5.97 Å². The highest BCUT2D eigenvalue weighted by molar-refractivity contribution is 8.00. The Morgan fingerprint density at radius 2 is 2.29 bits per heavy atom. The van der Waals surface area contributed by atoms with E-state index in [9.17, 15) is 4.79 Å². The van der Waals surface area contributed by atoms with Crippen LogP contribution >= 0.6 is 23.1 Å². The van der Waals surface area contributed by atoms with Gasteiger partial charge in [0, 0.05) is 12.5 Å². The van der Waals surface area contributed by atoms with Gasteiger partial charge in [-0.15, -0.1) is 21.5 Å². The molecule has 0 radical (unpaired) electrons. The first-order chi connectivity index (χ1) is 10.2. The first-order valence-electron chi connectivity index (χ1n) is 7.08. The number of esters is 1. The van der Waals surface area contributed by atoms with E-state index in [1.807, 2.05) is 18.4 Å². The Morgan fingerprint density at radius 1 is 1.43 bits per heavy atom. The Bertz CT molecular complexity index is 664. The molecule has 0 bridgehead atoms. The summed E-state index contributed by atoms with van der Waals surface area (Å²) in [7, 11) is 0. The van der Waals surface area contributed by atoms with Gasteiger partial charge in [-0.05, 0) is 31.2 Å². The largest absolute Gasteiger partial charge is 0.462 e. The Hall–Kier alpha value is -1.34. The molecule has 1 saturated heterocycles. The molecule has 0 amide bonds. The van der Waals surface area contributed by atoms with E-state index >= 15 is 0 Å². The predicted octanol–water partition coefficient (Wildman–Crippen LogP) is 3.14. The first-order valence-corrected chi connectivity index (χ1v) is 8.84. The topological polar surface area (TPSA) is 57.0 Å². The molecule has 0 aromatic carbocycles. The summed E-state index contributed by atoms with van der Waals surface area (Å²) in [5.41, 5.74) is 0. The van der Waals surface area contributed by atoms with Crippen LogP contribution in [0.25, 0.3) is 10.7 Å². The van der Waals surface area contributed by atoms with Gasteiger partial charge < -0.3 is 4.74 Å². The smallest absolute Gasteiger partial charge is 0.319 e. The lowest BCUT2D eigenvalue weighted by Crippen LogP contribution is -2.11. The average molecular weight is 321 g/mol. The third-order valence-electron chi connectivity index (χ3n) is 3.69. The van der Waals surface area contributed by atoms with Crippen molar-refractivity contribution in [3.8, 4) is 10.7 Å². The van der Waals surface area contributed by atoms with Crippen LogP contribution in [0.5, 0.6) is 0 Å². The van der Waals surface area contributed by atoms with Crippen molar-refractivity contribution in [2.45, 2.75) is 48.7 Å². The molecule has 2 fully saturated rings. The van der Waals surface area contributed by atoms with Crippen LogP contribution in [0.2, 0.25) is 0 Å². The molecule has 7 heteroatoms. The number of thioether (sulfide) groups is 1. The van der Waals surface area contributed by atoms with Gasteiger partial charge in [-0.2, -0.15) is 0 Å². The van der Waals surface area contributed by atoms with Crippen molar-refractivity contribution in [3.63, 3.8) is 0 Å². The second-order valence-corrected chi connectivity index (χ2v) is 7.59. The zero-order valence-corrected chi connectivity index (χ0v) is 13.2. The molecule has 3 heterocycles. The maximum Gasteiger partial charge on any atom is 0.319 e. The standard InChI is InChI=1S/C14H15N3O2S2/c1-8-7-11(13(18)19-8)21-14-16-15-12(10-3-2-6-20-10)17(14)9-4-5-9/h2-3,6,8-9,11H,4-5,7H2,1H3/t8-,11-/m0/s1. The number of rotatable bonds is 4. The molecule has 0 spiro atoms. The molecular formula is C14H15N3O2S2. The molecule has 2 aromatic rings. The predicted molar refractivity (Wildman–Crippen MR) is 81.4 cm³/mol. The summed E-state index contributed by atoms with van der Waals surface area (Å²) < 4.78 is 7.43. The first kappa shape index (κ1) is 13.3. The number of ether oxygens (including phenoxy) is 1. The van der Waals surface area contributed by atoms with Crippen molar-refractivity contribution in [1.29, 1.82) is 0 Å². The van der Waals surface area contributed by atoms with Gasteiger partial charge in [0.1, 0.15) is 11.4 Å². The molecule has 1 saturated carbocycles. The molecule has 0 N–H and O–H groups in total. The number of carbonyl (C=O) groups excluding carboxylic acids is 1. The summed E-state index contributed by atoms with van der Waals surface area (Å²) in [6.07, 6.45) is 3.07. The summed E-state index contributed by atoms with van der Waals surface area (Å²) in [4.78, 5) is 13.0. The lowest BCUT2D eigenvalue weighted by molar-refractivity contribution is -0.140. The van der Waals surface area contributed by atoms with Gasteiger partial charge in [0.2, 0.25) is 0 Å². The Balaban J connectivity index is 1.65. The van der Waals surface area contributed by atoms with Crippen LogP contribution in [-0.2, 0) is 9.53 Å². The van der Waals surface area contributed by atoms with E-state index in [0.717, 1.165) is 35.1 Å². The Morgan fingerprint density at radius 3 is 2.90 bits per heavy atom. The van der Waals surface area contributed by atoms with Crippen molar-refractivity contribution in [3.05, 3.63) is 17.5 Å². The number of cyclic esters (lactones) is 1. The quantitative estimate of drug-likeness (QED) is 0.810. The summed E-state index contributed by atoms with van der Waals surface area (Å²) in [5, 5.41) is 11.4. The number of nitrogens with zero attached hydrogens (tertiary/aromatic N) is 3. The second-order valence-electron chi connectivity index (χ2n) is 5.47. The fraction of sp³-hybridized carbons (Fsp3) is 0.500. The minimum atomic E-state index is -0.155. The van der Waals surface area contributed by atoms with Gasteiger partial charge in [0.15, 0.2) is 11.0 Å². The van der Waals surface area contributed by atoms with Crippen LogP contribution in [-0.4, -0.2) is 32.1 Å². The maximum atomic E-state index is 11.8. The fourth-order valence-electron chi connectivity index (χ4n) is 2.54. The van der Waals surface area contributed by atoms with Crippen molar-refractivity contribution < 1.29 is 9.53 Å². The van der Waals surface area contributed by atoms with E-state index < -0.39 is 0 Å². The third kappa shape index (κ3) is 2.48. The molecular weight excluding hydrogens is 306 g/mol. The van der Waals surface area contributed by atoms with Crippen LogP contribution in [0.15, 0.2) is 22.7 Å². The summed E-state index contributed by atoms with van der Waals surface area (Å²) in [6, 6.07) is 4.57. The van der Waals surface area contributed by atoms with Gasteiger partial charge in [-0.1, -0.05) is 17.8 Å². The Labute approximate surface area is 130 Å². The number of hydrogen-bond acceptors (Lipinski definition) is 6. The van der Waals surface area contributed by atoms with Crippen LogP contribution < -0.4 is 0 Å². The molecule has 1 aliphatic carbocycles. The molecule has 110 valence electrons. The minimum Gasteiger partial charge on any atom is -0.462 e. The van der Waals surface area contributed by atoms with Gasteiger partial charge in [-0.3, -0.25) is 9.36 Å². The third-order valence-corrected chi connectivity index (χ3v) is 5.72. The van der Waals surface area contributed by atoms with Crippen LogP contribution in [0, 0.1) is 0 Å². The average Bonchev–Trinajstić information content (AvgIpc) is 2.87. The van der Waals surface area contributed by atoms with Crippen LogP contribution in [0.4, 0.5) is 0 Å². The molecule has 2 aromatic heterocycles. The minimum absolute atomic E-state index is 0.00376. The summed E-state index contributed by atoms with van der Waals surface area (Å²) in [5.74, 6) is 0.796. The molecule has 0 unspecified atom stereocenters. The van der Waals surface area contributed by atoms with Gasteiger partial charge in [0.05, 0.1) is 4.88 Å². The van der Waals surface area contributed by atoms with E-state index in [-0.39, 0.29) is 17.3 Å². The molecule has 4 rings (SSSR count). The molecule has 2 aliphatic rings. The molecule has 21 heavy (non-hydrogen) atoms. The highest BCUT2D eigenvalue weighted by atomic mass is 32.2. The number of carbonyl (C=O) groups is 1. The van der Waals surface area contributed by atoms with Crippen LogP contribution in [0.1, 0.15) is 32.2 Å². The monoisotopic (exact) mass is 321 g/mol. The fourth-order valence-corrected chi connectivity index (χ4v) is 4.45. The SMILES string of the molecule is C[C@H]1C[C@H](Sc2nnc(-c3cccs3)n2C2CC2)C(=O)O1. The van der Waals surface area contributed by atoms with E-state index in [0.29, 0.717) is 6.04 Å². The van der Waals surface area contributed by atoms with Crippen molar-refractivity contribution in [2.75, 3.05) is 0 Å². The summed E-state index contributed by atoms with van der Waals surface area (Å²) in [6.45, 7) is 1.93. The van der Waals surface area contributed by atoms with Crippen LogP contribution in [0.3, 0.4) is 0 Å². The van der Waals surface area contributed by atoms with Crippen molar-refractivity contribution in [2.24, 2.45) is 0 Å². The normalized spacial score (nSPS) is 25.3. The van der Waals surface area contributed by atoms with E-state index in [4.69, 9.17) is 4.74 Å². The number of hydrogen-bond donors (Lipinski definition) is 0. The Kier molecular flexibility index (Phi) is 3.26. The molecule has 2 atom stereocenters. The second kappa shape index (κ2) is 5.14. The number of aromatic nitrogens is 3. The lowest BCUT2D eigenvalue weighted by Gasteiger charge is -2.09. The van der Waals surface area contributed by atoms with Crippen molar-refractivity contribution >= 4 is 29.1 Å². The molecule has 5 nitrogen and oxygen atoms in total. The number of thiophene rings is 1. The molecule has 1 aliphatic heterocycles. The lowest BCUT2D eigenvalue weighted by atomic mass is 10.3. The highest BCUT2D eigenvalue weighted by Crippen LogP contribution is 2.43. The van der Waals surface area contributed by atoms with E-state index in [1.165, 1.54) is 11.8 Å².